The van der Waals surface area contributed by atoms with Gasteiger partial charge >= 0.3 is 0 Å². The molecule has 3 aromatic rings. The van der Waals surface area contributed by atoms with Gasteiger partial charge in [0.15, 0.2) is 0 Å². The van der Waals surface area contributed by atoms with E-state index in [-0.39, 0.29) is 11.8 Å². The van der Waals surface area contributed by atoms with Crippen molar-refractivity contribution in [2.24, 2.45) is 7.05 Å². The molecule has 0 bridgehead atoms. The molecule has 1 aliphatic rings. The first kappa shape index (κ1) is 16.0. The number of anilines is 1. The molecule has 2 aromatic heterocycles. The number of amides is 1. The zero-order chi connectivity index (χ0) is 17.6. The summed E-state index contributed by atoms with van der Waals surface area (Å²) in [4.78, 5) is 17.1. The van der Waals surface area contributed by atoms with Crippen molar-refractivity contribution >= 4 is 23.1 Å². The third kappa shape index (κ3) is 2.76. The van der Waals surface area contributed by atoms with E-state index in [1.165, 1.54) is 0 Å². The summed E-state index contributed by atoms with van der Waals surface area (Å²) in [6.07, 6.45) is 0.406. The van der Waals surface area contributed by atoms with Crippen LogP contribution in [0.3, 0.4) is 0 Å². The normalized spacial score (nSPS) is 16.8. The third-order valence-electron chi connectivity index (χ3n) is 4.56. The van der Waals surface area contributed by atoms with E-state index in [1.807, 2.05) is 25.2 Å². The number of hydrogen-bond donors (Lipinski definition) is 1. The fourth-order valence-electron chi connectivity index (χ4n) is 3.24. The molecule has 0 fully saturated rings. The molecule has 0 saturated heterocycles. The van der Waals surface area contributed by atoms with Crippen LogP contribution in [0.25, 0.3) is 11.3 Å². The highest BCUT2D eigenvalue weighted by Gasteiger charge is 2.35. The zero-order valence-electron chi connectivity index (χ0n) is 14.5. The monoisotopic (exact) mass is 352 g/mol. The Bertz CT molecular complexity index is 926. The van der Waals surface area contributed by atoms with E-state index in [4.69, 9.17) is 10.1 Å². The van der Waals surface area contributed by atoms with Gasteiger partial charge in [0, 0.05) is 30.0 Å². The molecule has 0 aliphatic carbocycles. The summed E-state index contributed by atoms with van der Waals surface area (Å²) in [6.45, 7) is 4.27. The van der Waals surface area contributed by atoms with Crippen LogP contribution in [0.15, 0.2) is 35.7 Å². The van der Waals surface area contributed by atoms with Crippen LogP contribution < -0.4 is 5.32 Å². The highest BCUT2D eigenvalue weighted by molar-refractivity contribution is 7.09. The fourth-order valence-corrected chi connectivity index (χ4v) is 4.33. The molecule has 0 spiro atoms. The summed E-state index contributed by atoms with van der Waals surface area (Å²) in [7, 11) is 1.87. The Labute approximate surface area is 150 Å². The van der Waals surface area contributed by atoms with Gasteiger partial charge in [0.05, 0.1) is 17.3 Å². The minimum Gasteiger partial charge on any atom is -0.311 e. The number of fused-ring (bicyclic) bond motifs is 1. The summed E-state index contributed by atoms with van der Waals surface area (Å²) >= 11 is 1.64. The van der Waals surface area contributed by atoms with Crippen LogP contribution in [0.2, 0.25) is 0 Å². The van der Waals surface area contributed by atoms with Crippen molar-refractivity contribution in [1.29, 1.82) is 0 Å². The minimum atomic E-state index is -0.0508. The number of nitrogens with zero attached hydrogens (tertiary/aromatic N) is 3. The maximum atomic E-state index is 12.3. The van der Waals surface area contributed by atoms with E-state index in [0.717, 1.165) is 33.3 Å². The molecule has 1 atom stereocenters. The number of rotatable bonds is 3. The smallest absolute Gasteiger partial charge is 0.226 e. The molecule has 1 N–H and O–H groups in total. The molecule has 25 heavy (non-hydrogen) atoms. The minimum absolute atomic E-state index is 0.0152. The largest absolute Gasteiger partial charge is 0.311 e. The van der Waals surface area contributed by atoms with Crippen molar-refractivity contribution in [1.82, 2.24) is 14.8 Å². The van der Waals surface area contributed by atoms with Crippen molar-refractivity contribution in [3.8, 4) is 11.3 Å². The van der Waals surface area contributed by atoms with Crippen LogP contribution in [0.1, 0.15) is 48.4 Å². The maximum absolute atomic E-state index is 12.3. The van der Waals surface area contributed by atoms with Gasteiger partial charge in [0.2, 0.25) is 5.91 Å². The van der Waals surface area contributed by atoms with E-state index in [9.17, 15) is 4.79 Å². The standard InChI is InChI=1S/C19H20N4OS/c1-11(2)14-10-25-19(20-14)13-9-15(24)21-18-16(13)17(22-23(18)3)12-7-5-4-6-8-12/h4-8,10-11,13H,9H2,1-3H3,(H,21,24). The molecule has 1 amide bonds. The second kappa shape index (κ2) is 6.11. The highest BCUT2D eigenvalue weighted by atomic mass is 32.1. The van der Waals surface area contributed by atoms with Crippen LogP contribution in [-0.4, -0.2) is 20.7 Å². The van der Waals surface area contributed by atoms with E-state index in [0.29, 0.717) is 12.3 Å². The molecule has 128 valence electrons. The van der Waals surface area contributed by atoms with Gasteiger partial charge in [-0.3, -0.25) is 9.48 Å². The van der Waals surface area contributed by atoms with Crippen LogP contribution in [0.4, 0.5) is 5.82 Å². The lowest BCUT2D eigenvalue weighted by atomic mass is 9.90. The SMILES string of the molecule is CC(C)c1csc(C2CC(=O)Nc3c2c(-c2ccccc2)nn3C)n1. The van der Waals surface area contributed by atoms with E-state index < -0.39 is 0 Å². The van der Waals surface area contributed by atoms with Crippen LogP contribution in [0, 0.1) is 0 Å². The number of carbonyl (C=O) groups excluding carboxylic acids is 1. The molecule has 6 heteroatoms. The molecule has 4 rings (SSSR count). The topological polar surface area (TPSA) is 59.8 Å². The van der Waals surface area contributed by atoms with Crippen molar-refractivity contribution in [3.05, 3.63) is 52.0 Å². The summed E-state index contributed by atoms with van der Waals surface area (Å²) in [5.74, 6) is 1.12. The molecule has 1 unspecified atom stereocenters. The predicted octanol–water partition coefficient (Wildman–Crippen LogP) is 4.14. The second-order valence-corrected chi connectivity index (χ2v) is 7.56. The van der Waals surface area contributed by atoms with Crippen LogP contribution >= 0.6 is 11.3 Å². The third-order valence-corrected chi connectivity index (χ3v) is 5.53. The average Bonchev–Trinajstić information content (AvgIpc) is 3.21. The van der Waals surface area contributed by atoms with Gasteiger partial charge in [0.1, 0.15) is 10.8 Å². The number of hydrogen-bond acceptors (Lipinski definition) is 4. The number of thiazole rings is 1. The number of benzene rings is 1. The molecule has 5 nitrogen and oxygen atoms in total. The second-order valence-electron chi connectivity index (χ2n) is 6.67. The lowest BCUT2D eigenvalue weighted by Crippen LogP contribution is -2.24. The lowest BCUT2D eigenvalue weighted by molar-refractivity contribution is -0.116. The molecule has 3 heterocycles. The summed E-state index contributed by atoms with van der Waals surface area (Å²) in [5.41, 5.74) is 4.13. The fraction of sp³-hybridized carbons (Fsp3) is 0.316. The first-order valence-electron chi connectivity index (χ1n) is 8.42. The van der Waals surface area contributed by atoms with E-state index in [2.05, 4.69) is 36.7 Å². The molecule has 1 aliphatic heterocycles. The molecule has 0 saturated carbocycles. The molecular weight excluding hydrogens is 332 g/mol. The summed E-state index contributed by atoms with van der Waals surface area (Å²) in [6, 6.07) is 10.1. The summed E-state index contributed by atoms with van der Waals surface area (Å²) in [5, 5.41) is 10.8. The molecular formula is C19H20N4OS. The zero-order valence-corrected chi connectivity index (χ0v) is 15.3. The number of carbonyl (C=O) groups is 1. The van der Waals surface area contributed by atoms with Gasteiger partial charge < -0.3 is 5.32 Å². The van der Waals surface area contributed by atoms with Gasteiger partial charge in [-0.05, 0) is 5.92 Å². The van der Waals surface area contributed by atoms with Gasteiger partial charge in [-0.1, -0.05) is 44.2 Å². The van der Waals surface area contributed by atoms with Gasteiger partial charge in [-0.15, -0.1) is 11.3 Å². The number of aryl methyl sites for hydroxylation is 1. The Balaban J connectivity index is 1.88. The highest BCUT2D eigenvalue weighted by Crippen LogP contribution is 2.43. The Kier molecular flexibility index (Phi) is 3.92. The van der Waals surface area contributed by atoms with Gasteiger partial charge in [-0.25, -0.2) is 4.98 Å². The number of aromatic nitrogens is 3. The van der Waals surface area contributed by atoms with Gasteiger partial charge in [-0.2, -0.15) is 5.10 Å². The Morgan fingerprint density at radius 1 is 1.28 bits per heavy atom. The van der Waals surface area contributed by atoms with Crippen molar-refractivity contribution < 1.29 is 4.79 Å². The van der Waals surface area contributed by atoms with E-state index in [1.54, 1.807) is 16.0 Å². The maximum Gasteiger partial charge on any atom is 0.226 e. The quantitative estimate of drug-likeness (QED) is 0.770. The van der Waals surface area contributed by atoms with Crippen LogP contribution in [-0.2, 0) is 11.8 Å². The first-order valence-corrected chi connectivity index (χ1v) is 9.30. The van der Waals surface area contributed by atoms with Crippen molar-refractivity contribution in [3.63, 3.8) is 0 Å². The lowest BCUT2D eigenvalue weighted by Gasteiger charge is -2.22. The Morgan fingerprint density at radius 3 is 2.72 bits per heavy atom. The molecule has 1 aromatic carbocycles. The Morgan fingerprint density at radius 2 is 2.04 bits per heavy atom. The molecule has 0 radical (unpaired) electrons. The van der Waals surface area contributed by atoms with E-state index >= 15 is 0 Å². The average molecular weight is 352 g/mol. The van der Waals surface area contributed by atoms with Gasteiger partial charge in [0.25, 0.3) is 0 Å². The first-order chi connectivity index (χ1) is 12.0. The van der Waals surface area contributed by atoms with Crippen LogP contribution in [0.5, 0.6) is 0 Å². The number of nitrogens with one attached hydrogen (secondary N) is 1. The predicted molar refractivity (Wildman–Crippen MR) is 99.9 cm³/mol. The summed E-state index contributed by atoms with van der Waals surface area (Å²) < 4.78 is 1.76. The Hall–Kier alpha value is -2.47. The van der Waals surface area contributed by atoms with Crippen molar-refractivity contribution in [2.75, 3.05) is 5.32 Å². The van der Waals surface area contributed by atoms with Crippen molar-refractivity contribution in [2.45, 2.75) is 32.1 Å².